The van der Waals surface area contributed by atoms with E-state index in [-0.39, 0.29) is 161 Å². The summed E-state index contributed by atoms with van der Waals surface area (Å²) >= 11 is 0. The van der Waals surface area contributed by atoms with Gasteiger partial charge in [0.2, 0.25) is 52.4 Å². The molecule has 127 heavy (non-hydrogen) atoms. The lowest BCUT2D eigenvalue weighted by atomic mass is 10.2. The molecule has 0 unspecified atom stereocenters. The molecule has 0 fully saturated rings. The van der Waals surface area contributed by atoms with Crippen LogP contribution in [0.5, 0.6) is 51.7 Å². The number of ether oxygens (including phenoxy) is 9. The molecule has 27 heteroatoms. The summed E-state index contributed by atoms with van der Waals surface area (Å²) in [6.07, 6.45) is 30.7. The van der Waals surface area contributed by atoms with E-state index in [1.807, 2.05) is 66.7 Å². The third-order valence-corrected chi connectivity index (χ3v) is 16.4. The molecule has 0 aliphatic carbocycles. The second kappa shape index (κ2) is 63.5. The van der Waals surface area contributed by atoms with Crippen molar-refractivity contribution in [1.82, 2.24) is 0 Å². The Hall–Kier alpha value is -12.4. The highest BCUT2D eigenvalue weighted by molar-refractivity contribution is 5.37. The highest BCUT2D eigenvalue weighted by Crippen LogP contribution is 2.30. The molecule has 0 saturated heterocycles. The fraction of sp³-hybridized carbons (Fsp3) is 0.280. The van der Waals surface area contributed by atoms with Crippen LogP contribution >= 0.6 is 0 Å². The summed E-state index contributed by atoms with van der Waals surface area (Å²) in [5, 5.41) is 0. The SMILES string of the molecule is C/C=C\COc1ccc(C)c(F)c1F.C/C=C\COc1ccc(C)c(F)c1F.C/C=C\COc1ccc(C)c(F)c1F.C/C=C\COc1ccc(C)c(F)c1F.C=CCOc1ccc(C)c(F)c1F.C=CCOc1ccc(C)c(F)c1F.CC/C=C\COc1ccc(C)c(F)c1F.CC/C=C\COc1ccc(C)c(F)c1F.CC/C=C\COc1ccc(C)c(F)c1F. The van der Waals surface area contributed by atoms with Crippen LogP contribution in [-0.2, 0) is 0 Å². The molecule has 9 aromatic rings. The molecule has 9 aromatic carbocycles. The minimum Gasteiger partial charge on any atom is -0.486 e. The van der Waals surface area contributed by atoms with Gasteiger partial charge in [-0.3, -0.25) is 0 Å². The molecule has 0 radical (unpaired) electrons. The number of aryl methyl sites for hydroxylation is 9. The van der Waals surface area contributed by atoms with E-state index in [2.05, 4.69) is 13.2 Å². The van der Waals surface area contributed by atoms with Crippen LogP contribution in [-0.4, -0.2) is 59.5 Å². The van der Waals surface area contributed by atoms with E-state index in [9.17, 15) is 79.0 Å². The van der Waals surface area contributed by atoms with Crippen molar-refractivity contribution >= 4 is 0 Å². The number of allylic oxidation sites excluding steroid dienone is 7. The van der Waals surface area contributed by atoms with Crippen molar-refractivity contribution in [1.29, 1.82) is 0 Å². The third-order valence-electron chi connectivity index (χ3n) is 16.4. The minimum atomic E-state index is -0.943. The Labute approximate surface area is 734 Å². The lowest BCUT2D eigenvalue weighted by Gasteiger charge is -2.06. The first-order valence-corrected chi connectivity index (χ1v) is 39.8. The highest BCUT2D eigenvalue weighted by atomic mass is 19.2. The van der Waals surface area contributed by atoms with Crippen LogP contribution in [0, 0.1) is 167 Å². The van der Waals surface area contributed by atoms with Crippen molar-refractivity contribution < 1.29 is 122 Å². The van der Waals surface area contributed by atoms with Gasteiger partial charge in [0.25, 0.3) is 0 Å². The summed E-state index contributed by atoms with van der Waals surface area (Å²) in [5.41, 5.74) is 2.49. The fourth-order valence-electron chi connectivity index (χ4n) is 9.01. The zero-order valence-electron chi connectivity index (χ0n) is 74.0. The van der Waals surface area contributed by atoms with Crippen LogP contribution in [0.3, 0.4) is 0 Å². The van der Waals surface area contributed by atoms with E-state index in [0.717, 1.165) is 19.3 Å². The number of rotatable bonds is 30. The molecule has 0 spiro atoms. The molecular weight excluding hydrogens is 1690 g/mol. The Bertz CT molecular complexity index is 4560. The van der Waals surface area contributed by atoms with Crippen molar-refractivity contribution in [2.45, 2.75) is 130 Å². The Morgan fingerprint density at radius 3 is 0.409 bits per heavy atom. The number of halogens is 18. The first-order valence-electron chi connectivity index (χ1n) is 39.8. The molecule has 0 bridgehead atoms. The van der Waals surface area contributed by atoms with Crippen molar-refractivity contribution in [3.05, 3.63) is 374 Å². The molecule has 0 heterocycles. The van der Waals surface area contributed by atoms with Gasteiger partial charge in [-0.2, -0.15) is 39.5 Å². The van der Waals surface area contributed by atoms with Crippen LogP contribution in [0.1, 0.15) is 118 Å². The van der Waals surface area contributed by atoms with Crippen LogP contribution in [0.25, 0.3) is 0 Å². The fourth-order valence-corrected chi connectivity index (χ4v) is 9.01. The van der Waals surface area contributed by atoms with Crippen LogP contribution in [0.15, 0.2) is 220 Å². The van der Waals surface area contributed by atoms with E-state index in [4.69, 9.17) is 42.6 Å². The molecule has 0 saturated carbocycles. The van der Waals surface area contributed by atoms with Crippen molar-refractivity contribution in [2.75, 3.05) is 59.5 Å². The maximum Gasteiger partial charge on any atom is 0.200 e. The van der Waals surface area contributed by atoms with Crippen LogP contribution in [0.4, 0.5) is 79.0 Å². The smallest absolute Gasteiger partial charge is 0.200 e. The summed E-state index contributed by atoms with van der Waals surface area (Å²) < 4.78 is 281. The Morgan fingerprint density at radius 1 is 0.181 bits per heavy atom. The minimum absolute atomic E-state index is 0.0427. The van der Waals surface area contributed by atoms with Gasteiger partial charge >= 0.3 is 0 Å². The molecule has 0 atom stereocenters. The monoisotopic (exact) mass is 1800 g/mol. The van der Waals surface area contributed by atoms with Gasteiger partial charge in [0.05, 0.1) is 0 Å². The molecule has 690 valence electrons. The summed E-state index contributed by atoms with van der Waals surface area (Å²) in [5.74, 6) is -16.4. The van der Waals surface area contributed by atoms with Gasteiger partial charge in [0.15, 0.2) is 104 Å². The molecule has 0 aromatic heterocycles. The third kappa shape index (κ3) is 40.6. The van der Waals surface area contributed by atoms with Gasteiger partial charge in [0, 0.05) is 0 Å². The van der Waals surface area contributed by atoms with E-state index >= 15 is 0 Å². The zero-order chi connectivity index (χ0) is 95.7. The number of hydrogen-bond acceptors (Lipinski definition) is 9. The summed E-state index contributed by atoms with van der Waals surface area (Å²) in [6, 6.07) is 26.2. The molecule has 0 aliphatic rings. The lowest BCUT2D eigenvalue weighted by Crippen LogP contribution is -1.99. The van der Waals surface area contributed by atoms with Gasteiger partial charge in [-0.15, -0.1) is 0 Å². The predicted octanol–water partition coefficient (Wildman–Crippen LogP) is 29.4. The highest BCUT2D eigenvalue weighted by Gasteiger charge is 2.19. The second-order valence-electron chi connectivity index (χ2n) is 26.4. The van der Waals surface area contributed by atoms with Gasteiger partial charge in [-0.25, -0.2) is 39.5 Å². The van der Waals surface area contributed by atoms with Crippen molar-refractivity contribution in [3.8, 4) is 51.7 Å². The maximum atomic E-state index is 13.2. The van der Waals surface area contributed by atoms with Gasteiger partial charge in [0.1, 0.15) is 59.5 Å². The van der Waals surface area contributed by atoms with Gasteiger partial charge < -0.3 is 42.6 Å². The van der Waals surface area contributed by atoms with Gasteiger partial charge in [-0.1, -0.05) is 186 Å². The van der Waals surface area contributed by atoms with E-state index < -0.39 is 105 Å². The normalized spacial score (nSPS) is 10.7. The molecule has 9 nitrogen and oxygen atoms in total. The maximum absolute atomic E-state index is 13.2. The van der Waals surface area contributed by atoms with Crippen LogP contribution in [0.2, 0.25) is 0 Å². The quantitative estimate of drug-likeness (QED) is 0.0323. The number of benzene rings is 9. The summed E-state index contributed by atoms with van der Waals surface area (Å²) in [6.45, 7) is 35.7. The average Bonchev–Trinajstić information content (AvgIpc) is 0.906. The molecule has 0 aliphatic heterocycles. The van der Waals surface area contributed by atoms with E-state index in [1.165, 1.54) is 184 Å². The van der Waals surface area contributed by atoms with Crippen LogP contribution < -0.4 is 42.6 Å². The first-order chi connectivity index (χ1) is 60.5. The number of hydrogen-bond donors (Lipinski definition) is 0. The Balaban J connectivity index is 0.000000715. The summed E-state index contributed by atoms with van der Waals surface area (Å²) in [4.78, 5) is 0. The molecule has 9 rings (SSSR count). The largest absolute Gasteiger partial charge is 0.486 e. The molecule has 0 N–H and O–H groups in total. The van der Waals surface area contributed by atoms with E-state index in [0.29, 0.717) is 0 Å². The van der Waals surface area contributed by atoms with Crippen molar-refractivity contribution in [3.63, 3.8) is 0 Å². The lowest BCUT2D eigenvalue weighted by molar-refractivity contribution is 0.331. The standard InChI is InChI=1S/3C12H14F2O.4C11H12F2O.2C10H10F2O/c3*1-3-4-5-8-15-10-7-6-9(2)11(13)12(10)14;4*1-3-4-7-14-9-6-5-8(2)10(12)11(9)13;2*1-3-6-13-8-5-4-7(2)9(11)10(8)12/h3*4-7H,3,8H2,1-2H3;4*3-6H,7H2,1-2H3;2*3-5H,1,6H2,2H3/b3*5-4-;4*4-3-;;. The van der Waals surface area contributed by atoms with Crippen molar-refractivity contribution in [2.24, 2.45) is 0 Å². The zero-order valence-corrected chi connectivity index (χ0v) is 74.0. The summed E-state index contributed by atoms with van der Waals surface area (Å²) in [7, 11) is 0. The van der Waals surface area contributed by atoms with Gasteiger partial charge in [-0.05, 0) is 214 Å². The molecular formula is C100H110F18O9. The topological polar surface area (TPSA) is 83.1 Å². The first kappa shape index (κ1) is 113. The predicted molar refractivity (Wildman–Crippen MR) is 467 cm³/mol. The molecule has 0 amide bonds. The Morgan fingerprint density at radius 2 is 0.299 bits per heavy atom. The second-order valence-corrected chi connectivity index (χ2v) is 26.4. The average molecular weight is 1800 g/mol. The van der Waals surface area contributed by atoms with E-state index in [1.54, 1.807) is 66.8 Å². The Kier molecular flexibility index (Phi) is 56.3.